The zero-order chi connectivity index (χ0) is 15.2. The van der Waals surface area contributed by atoms with Crippen molar-refractivity contribution in [1.82, 2.24) is 9.88 Å². The van der Waals surface area contributed by atoms with E-state index in [0.717, 1.165) is 12.8 Å². The number of hydrogen-bond donors (Lipinski definition) is 1. The quantitative estimate of drug-likeness (QED) is 0.847. The molecule has 1 aromatic heterocycles. The number of aliphatic hydroxyl groups is 1. The first-order valence-corrected chi connectivity index (χ1v) is 7.44. The van der Waals surface area contributed by atoms with Crippen LogP contribution in [0.1, 0.15) is 48.7 Å². The van der Waals surface area contributed by atoms with E-state index in [1.807, 2.05) is 11.9 Å². The first kappa shape index (κ1) is 15.5. The molecule has 0 aromatic carbocycles. The summed E-state index contributed by atoms with van der Waals surface area (Å²) < 4.78 is 0. The molecule has 1 aliphatic rings. The predicted molar refractivity (Wildman–Crippen MR) is 81.7 cm³/mol. The Morgan fingerprint density at radius 3 is 2.90 bits per heavy atom. The highest BCUT2D eigenvalue weighted by Gasteiger charge is 2.26. The summed E-state index contributed by atoms with van der Waals surface area (Å²) in [6, 6.07) is 3.78. The van der Waals surface area contributed by atoms with Crippen LogP contribution in [-0.4, -0.2) is 40.6 Å². The lowest BCUT2D eigenvalue weighted by Crippen LogP contribution is -2.40. The fraction of sp³-hybridized carbons (Fsp3) is 0.529. The molecule has 21 heavy (non-hydrogen) atoms. The summed E-state index contributed by atoms with van der Waals surface area (Å²) in [5.41, 5.74) is 1.15. The number of amides is 1. The average Bonchev–Trinajstić information content (AvgIpc) is 2.52. The van der Waals surface area contributed by atoms with E-state index in [1.54, 1.807) is 18.3 Å². The lowest BCUT2D eigenvalue weighted by molar-refractivity contribution is 0.0666. The molecular weight excluding hydrogens is 264 g/mol. The van der Waals surface area contributed by atoms with Crippen LogP contribution < -0.4 is 0 Å². The summed E-state index contributed by atoms with van der Waals surface area (Å²) in [6.07, 6.45) is 6.17. The molecule has 2 unspecified atom stereocenters. The molecular formula is C17H22N2O2. The minimum Gasteiger partial charge on any atom is -0.384 e. The number of hydrogen-bond acceptors (Lipinski definition) is 3. The topological polar surface area (TPSA) is 53.4 Å². The third-order valence-electron chi connectivity index (χ3n) is 4.07. The van der Waals surface area contributed by atoms with Gasteiger partial charge in [-0.05, 0) is 30.9 Å². The average molecular weight is 286 g/mol. The van der Waals surface area contributed by atoms with Crippen molar-refractivity contribution in [2.75, 3.05) is 13.7 Å². The van der Waals surface area contributed by atoms with Gasteiger partial charge in [-0.15, -0.1) is 0 Å². The molecule has 1 heterocycles. The third kappa shape index (κ3) is 4.05. The van der Waals surface area contributed by atoms with E-state index in [4.69, 9.17) is 5.11 Å². The molecule has 1 amide bonds. The van der Waals surface area contributed by atoms with Gasteiger partial charge in [0.25, 0.3) is 5.91 Å². The van der Waals surface area contributed by atoms with Crippen molar-refractivity contribution < 1.29 is 9.90 Å². The maximum atomic E-state index is 12.5. The molecule has 4 heteroatoms. The fourth-order valence-electron chi connectivity index (χ4n) is 2.84. The van der Waals surface area contributed by atoms with Crippen molar-refractivity contribution in [2.45, 2.75) is 38.6 Å². The van der Waals surface area contributed by atoms with Crippen LogP contribution in [0.2, 0.25) is 0 Å². The van der Waals surface area contributed by atoms with E-state index >= 15 is 0 Å². The molecule has 0 saturated heterocycles. The molecule has 112 valence electrons. The van der Waals surface area contributed by atoms with E-state index in [1.165, 1.54) is 12.8 Å². The summed E-state index contributed by atoms with van der Waals surface area (Å²) in [5, 5.41) is 8.65. The van der Waals surface area contributed by atoms with E-state index < -0.39 is 0 Å². The van der Waals surface area contributed by atoms with Gasteiger partial charge in [-0.2, -0.15) is 0 Å². The van der Waals surface area contributed by atoms with Crippen LogP contribution in [0.5, 0.6) is 0 Å². The zero-order valence-corrected chi connectivity index (χ0v) is 12.7. The summed E-state index contributed by atoms with van der Waals surface area (Å²) in [5.74, 6) is 5.99. The standard InChI is InChI=1S/C17H22N2O2/c1-13-5-3-7-15(11-13)19(2)17(21)16-9-8-14(12-18-16)6-4-10-20/h8-9,12-13,15,20H,3,5,7,10-11H2,1-2H3. The zero-order valence-electron chi connectivity index (χ0n) is 12.7. The number of carbonyl (C=O) groups excluding carboxylic acids is 1. The monoisotopic (exact) mass is 286 g/mol. The predicted octanol–water partition coefficient (Wildman–Crippen LogP) is 2.08. The van der Waals surface area contributed by atoms with Crippen molar-refractivity contribution in [3.05, 3.63) is 29.6 Å². The first-order valence-electron chi connectivity index (χ1n) is 7.44. The Labute approximate surface area is 126 Å². The molecule has 2 rings (SSSR count). The van der Waals surface area contributed by atoms with Crippen LogP contribution in [0, 0.1) is 17.8 Å². The van der Waals surface area contributed by atoms with Gasteiger partial charge >= 0.3 is 0 Å². The Balaban J connectivity index is 2.05. The van der Waals surface area contributed by atoms with Gasteiger partial charge in [0.15, 0.2) is 0 Å². The molecule has 1 aliphatic carbocycles. The maximum Gasteiger partial charge on any atom is 0.272 e. The van der Waals surface area contributed by atoms with Crippen molar-refractivity contribution in [1.29, 1.82) is 0 Å². The molecule has 4 nitrogen and oxygen atoms in total. The molecule has 0 aliphatic heterocycles. The largest absolute Gasteiger partial charge is 0.384 e. The number of aromatic nitrogens is 1. The van der Waals surface area contributed by atoms with Gasteiger partial charge in [0.2, 0.25) is 0 Å². The van der Waals surface area contributed by atoms with Gasteiger partial charge in [-0.3, -0.25) is 4.79 Å². The van der Waals surface area contributed by atoms with Gasteiger partial charge in [-0.25, -0.2) is 4.98 Å². The van der Waals surface area contributed by atoms with Crippen molar-refractivity contribution in [2.24, 2.45) is 5.92 Å². The van der Waals surface area contributed by atoms with Gasteiger partial charge in [0.05, 0.1) is 0 Å². The Hall–Kier alpha value is -1.86. The second-order valence-corrected chi connectivity index (χ2v) is 5.73. The summed E-state index contributed by atoms with van der Waals surface area (Å²) in [4.78, 5) is 18.5. The fourth-order valence-corrected chi connectivity index (χ4v) is 2.84. The molecule has 0 radical (unpaired) electrons. The Bertz CT molecular complexity index is 542. The van der Waals surface area contributed by atoms with Gasteiger partial charge in [0.1, 0.15) is 12.3 Å². The number of aliphatic hydroxyl groups excluding tert-OH is 1. The van der Waals surface area contributed by atoms with Gasteiger partial charge in [-0.1, -0.05) is 31.6 Å². The Kier molecular flexibility index (Phi) is 5.35. The van der Waals surface area contributed by atoms with E-state index in [0.29, 0.717) is 23.2 Å². The van der Waals surface area contributed by atoms with E-state index in [9.17, 15) is 4.79 Å². The third-order valence-corrected chi connectivity index (χ3v) is 4.07. The number of rotatable bonds is 2. The Morgan fingerprint density at radius 2 is 2.29 bits per heavy atom. The first-order chi connectivity index (χ1) is 10.1. The maximum absolute atomic E-state index is 12.5. The summed E-state index contributed by atoms with van der Waals surface area (Å²) in [7, 11) is 1.87. The van der Waals surface area contributed by atoms with Crippen LogP contribution >= 0.6 is 0 Å². The molecule has 1 saturated carbocycles. The van der Waals surface area contributed by atoms with Crippen LogP contribution in [-0.2, 0) is 0 Å². The van der Waals surface area contributed by atoms with Gasteiger partial charge in [0, 0.05) is 24.8 Å². The lowest BCUT2D eigenvalue weighted by Gasteiger charge is -2.34. The van der Waals surface area contributed by atoms with Crippen LogP contribution in [0.25, 0.3) is 0 Å². The minimum absolute atomic E-state index is 0.0317. The van der Waals surface area contributed by atoms with Gasteiger partial charge < -0.3 is 10.0 Å². The van der Waals surface area contributed by atoms with Crippen LogP contribution in [0.3, 0.4) is 0 Å². The highest BCUT2D eigenvalue weighted by molar-refractivity contribution is 5.92. The summed E-state index contributed by atoms with van der Waals surface area (Å²) >= 11 is 0. The number of pyridine rings is 1. The van der Waals surface area contributed by atoms with Crippen molar-refractivity contribution >= 4 is 5.91 Å². The summed E-state index contributed by atoms with van der Waals surface area (Å²) in [6.45, 7) is 2.07. The normalized spacial score (nSPS) is 21.3. The molecule has 0 spiro atoms. The number of carbonyl (C=O) groups is 1. The minimum atomic E-state index is -0.177. The smallest absolute Gasteiger partial charge is 0.272 e. The van der Waals surface area contributed by atoms with Crippen LogP contribution in [0.15, 0.2) is 18.3 Å². The van der Waals surface area contributed by atoms with Crippen molar-refractivity contribution in [3.8, 4) is 11.8 Å². The molecule has 1 aromatic rings. The highest BCUT2D eigenvalue weighted by Crippen LogP contribution is 2.27. The van der Waals surface area contributed by atoms with E-state index in [2.05, 4.69) is 23.7 Å². The molecule has 1 N–H and O–H groups in total. The van der Waals surface area contributed by atoms with Crippen LogP contribution in [0.4, 0.5) is 0 Å². The molecule has 1 fully saturated rings. The number of nitrogens with zero attached hydrogens (tertiary/aromatic N) is 2. The van der Waals surface area contributed by atoms with Crippen molar-refractivity contribution in [3.63, 3.8) is 0 Å². The second-order valence-electron chi connectivity index (χ2n) is 5.73. The SMILES string of the molecule is CC1CCCC(N(C)C(=O)c2ccc(C#CCO)cn2)C1. The molecule has 2 atom stereocenters. The lowest BCUT2D eigenvalue weighted by atomic mass is 9.86. The second kappa shape index (κ2) is 7.24. The van der Waals surface area contributed by atoms with E-state index in [-0.39, 0.29) is 12.5 Å². The highest BCUT2D eigenvalue weighted by atomic mass is 16.2. The Morgan fingerprint density at radius 1 is 1.48 bits per heavy atom. The molecule has 0 bridgehead atoms.